The van der Waals surface area contributed by atoms with E-state index in [0.717, 1.165) is 5.69 Å². The average Bonchev–Trinajstić information content (AvgIpc) is 2.72. The van der Waals surface area contributed by atoms with E-state index >= 15 is 0 Å². The minimum Gasteiger partial charge on any atom is -0.406 e. The Bertz CT molecular complexity index is 534. The number of halogens is 3. The lowest BCUT2D eigenvalue weighted by molar-refractivity contribution is -0.274. The topological polar surface area (TPSA) is 39.1 Å². The molecule has 0 fully saturated rings. The zero-order chi connectivity index (χ0) is 13.9. The van der Waals surface area contributed by atoms with Gasteiger partial charge < -0.3 is 14.6 Å². The van der Waals surface area contributed by atoms with Crippen molar-refractivity contribution in [1.29, 1.82) is 0 Å². The summed E-state index contributed by atoms with van der Waals surface area (Å²) in [4.78, 5) is 3.97. The number of nitrogens with one attached hydrogen (secondary N) is 1. The highest BCUT2D eigenvalue weighted by atomic mass is 19.4. The number of ether oxygens (including phenoxy) is 1. The van der Waals surface area contributed by atoms with E-state index < -0.39 is 6.36 Å². The summed E-state index contributed by atoms with van der Waals surface area (Å²) in [5.74, 6) is -0.237. The number of aromatic nitrogens is 2. The van der Waals surface area contributed by atoms with Gasteiger partial charge in [0.05, 0.1) is 18.6 Å². The van der Waals surface area contributed by atoms with Gasteiger partial charge in [-0.1, -0.05) is 0 Å². The molecule has 0 amide bonds. The standard InChI is InChI=1S/C12H12F3N3O/c1-18-8-16-6-10(18)7-17-9-2-4-11(5-3-9)19-12(13,14)15/h2-6,8,17H,7H2,1H3. The second-order valence-corrected chi connectivity index (χ2v) is 3.92. The molecule has 1 N–H and O–H groups in total. The van der Waals surface area contributed by atoms with Gasteiger partial charge in [-0.25, -0.2) is 4.98 Å². The molecule has 0 spiro atoms. The molecule has 0 aliphatic rings. The summed E-state index contributed by atoms with van der Waals surface area (Å²) in [6.07, 6.45) is -1.27. The van der Waals surface area contributed by atoms with E-state index in [9.17, 15) is 13.2 Å². The van der Waals surface area contributed by atoms with Crippen LogP contribution in [-0.4, -0.2) is 15.9 Å². The Morgan fingerprint density at radius 2 is 1.95 bits per heavy atom. The van der Waals surface area contributed by atoms with Gasteiger partial charge in [-0.15, -0.1) is 13.2 Å². The fraction of sp³-hybridized carbons (Fsp3) is 0.250. The highest BCUT2D eigenvalue weighted by Crippen LogP contribution is 2.24. The summed E-state index contributed by atoms with van der Waals surface area (Å²) in [5.41, 5.74) is 1.67. The number of nitrogens with zero attached hydrogens (tertiary/aromatic N) is 2. The third-order valence-corrected chi connectivity index (χ3v) is 2.48. The molecule has 0 saturated heterocycles. The fourth-order valence-corrected chi connectivity index (χ4v) is 1.52. The number of hydrogen-bond donors (Lipinski definition) is 1. The largest absolute Gasteiger partial charge is 0.573 e. The van der Waals surface area contributed by atoms with Gasteiger partial charge in [0.2, 0.25) is 0 Å². The predicted octanol–water partition coefficient (Wildman–Crippen LogP) is 2.93. The number of alkyl halides is 3. The van der Waals surface area contributed by atoms with Gasteiger partial charge in [0.15, 0.2) is 0 Å². The quantitative estimate of drug-likeness (QED) is 0.929. The van der Waals surface area contributed by atoms with E-state index in [1.165, 1.54) is 24.3 Å². The molecule has 0 saturated carbocycles. The lowest BCUT2D eigenvalue weighted by Crippen LogP contribution is -2.17. The minimum absolute atomic E-state index is 0.237. The number of imidazole rings is 1. The Hall–Kier alpha value is -2.18. The van der Waals surface area contributed by atoms with Crippen LogP contribution in [0.2, 0.25) is 0 Å². The molecule has 19 heavy (non-hydrogen) atoms. The van der Waals surface area contributed by atoms with Crippen molar-refractivity contribution in [3.05, 3.63) is 42.5 Å². The van der Waals surface area contributed by atoms with Crippen LogP contribution < -0.4 is 10.1 Å². The van der Waals surface area contributed by atoms with Crippen molar-refractivity contribution in [1.82, 2.24) is 9.55 Å². The Morgan fingerprint density at radius 3 is 2.47 bits per heavy atom. The van der Waals surface area contributed by atoms with Gasteiger partial charge in [-0.3, -0.25) is 0 Å². The first-order valence-electron chi connectivity index (χ1n) is 5.49. The summed E-state index contributed by atoms with van der Waals surface area (Å²) in [7, 11) is 1.87. The number of hydrogen-bond acceptors (Lipinski definition) is 3. The predicted molar refractivity (Wildman–Crippen MR) is 63.7 cm³/mol. The first-order chi connectivity index (χ1) is 8.94. The molecule has 4 nitrogen and oxygen atoms in total. The van der Waals surface area contributed by atoms with Crippen molar-refractivity contribution in [2.45, 2.75) is 12.9 Å². The molecule has 2 rings (SSSR count). The molecule has 1 aromatic carbocycles. The van der Waals surface area contributed by atoms with E-state index in [1.54, 1.807) is 12.5 Å². The van der Waals surface area contributed by atoms with E-state index in [0.29, 0.717) is 12.2 Å². The van der Waals surface area contributed by atoms with Crippen molar-refractivity contribution in [2.75, 3.05) is 5.32 Å². The monoisotopic (exact) mass is 271 g/mol. The van der Waals surface area contributed by atoms with Gasteiger partial charge in [-0.05, 0) is 24.3 Å². The molecule has 7 heteroatoms. The van der Waals surface area contributed by atoms with E-state index in [1.807, 2.05) is 11.6 Å². The third kappa shape index (κ3) is 3.90. The van der Waals surface area contributed by atoms with Crippen LogP contribution >= 0.6 is 0 Å². The number of rotatable bonds is 4. The first-order valence-corrected chi connectivity index (χ1v) is 5.49. The lowest BCUT2D eigenvalue weighted by atomic mass is 10.3. The molecule has 0 bridgehead atoms. The zero-order valence-electron chi connectivity index (χ0n) is 10.1. The van der Waals surface area contributed by atoms with E-state index in [-0.39, 0.29) is 5.75 Å². The molecular weight excluding hydrogens is 259 g/mol. The number of benzene rings is 1. The van der Waals surface area contributed by atoms with Gasteiger partial charge in [0.1, 0.15) is 5.75 Å². The maximum atomic E-state index is 12.0. The molecule has 0 aliphatic heterocycles. The summed E-state index contributed by atoms with van der Waals surface area (Å²) < 4.78 is 41.6. The highest BCUT2D eigenvalue weighted by Gasteiger charge is 2.30. The van der Waals surface area contributed by atoms with Crippen LogP contribution in [0.3, 0.4) is 0 Å². The fourth-order valence-electron chi connectivity index (χ4n) is 1.52. The minimum atomic E-state index is -4.66. The SMILES string of the molecule is Cn1cncc1CNc1ccc(OC(F)(F)F)cc1. The van der Waals surface area contributed by atoms with Gasteiger partial charge in [0, 0.05) is 18.9 Å². The molecule has 102 valence electrons. The van der Waals surface area contributed by atoms with Crippen molar-refractivity contribution < 1.29 is 17.9 Å². The second-order valence-electron chi connectivity index (χ2n) is 3.92. The zero-order valence-corrected chi connectivity index (χ0v) is 10.1. The molecule has 1 heterocycles. The Labute approximate surface area is 107 Å². The Morgan fingerprint density at radius 1 is 1.26 bits per heavy atom. The normalized spacial score (nSPS) is 11.4. The lowest BCUT2D eigenvalue weighted by Gasteiger charge is -2.10. The highest BCUT2D eigenvalue weighted by molar-refractivity contribution is 5.46. The van der Waals surface area contributed by atoms with E-state index in [4.69, 9.17) is 0 Å². The summed E-state index contributed by atoms with van der Waals surface area (Å²) in [5, 5.41) is 3.08. The van der Waals surface area contributed by atoms with Crippen LogP contribution in [0.4, 0.5) is 18.9 Å². The average molecular weight is 271 g/mol. The molecule has 1 aromatic heterocycles. The molecule has 0 aliphatic carbocycles. The summed E-state index contributed by atoms with van der Waals surface area (Å²) in [6.45, 7) is 0.538. The third-order valence-electron chi connectivity index (χ3n) is 2.48. The van der Waals surface area contributed by atoms with Gasteiger partial charge in [0.25, 0.3) is 0 Å². The van der Waals surface area contributed by atoms with Crippen LogP contribution in [0.1, 0.15) is 5.69 Å². The summed E-state index contributed by atoms with van der Waals surface area (Å²) in [6, 6.07) is 5.58. The maximum Gasteiger partial charge on any atom is 0.573 e. The van der Waals surface area contributed by atoms with Crippen molar-refractivity contribution in [2.24, 2.45) is 7.05 Å². The van der Waals surface area contributed by atoms with Crippen molar-refractivity contribution >= 4 is 5.69 Å². The molecule has 2 aromatic rings. The van der Waals surface area contributed by atoms with Crippen molar-refractivity contribution in [3.63, 3.8) is 0 Å². The second kappa shape index (κ2) is 5.21. The van der Waals surface area contributed by atoms with E-state index in [2.05, 4.69) is 15.0 Å². The van der Waals surface area contributed by atoms with Crippen LogP contribution in [0.25, 0.3) is 0 Å². The van der Waals surface area contributed by atoms with Crippen molar-refractivity contribution in [3.8, 4) is 5.75 Å². The molecule has 0 unspecified atom stereocenters. The first kappa shape index (κ1) is 13.3. The smallest absolute Gasteiger partial charge is 0.406 e. The maximum absolute atomic E-state index is 12.0. The molecule has 0 radical (unpaired) electrons. The molecular formula is C12H12F3N3O. The Balaban J connectivity index is 1.94. The number of aryl methyl sites for hydroxylation is 1. The summed E-state index contributed by atoms with van der Waals surface area (Å²) >= 11 is 0. The van der Waals surface area contributed by atoms with Crippen LogP contribution in [0.5, 0.6) is 5.75 Å². The van der Waals surface area contributed by atoms with Crippen LogP contribution in [0, 0.1) is 0 Å². The molecule has 0 atom stereocenters. The van der Waals surface area contributed by atoms with Crippen LogP contribution in [0.15, 0.2) is 36.8 Å². The van der Waals surface area contributed by atoms with Gasteiger partial charge >= 0.3 is 6.36 Å². The Kier molecular flexibility index (Phi) is 3.64. The number of anilines is 1. The van der Waals surface area contributed by atoms with Crippen LogP contribution in [-0.2, 0) is 13.6 Å². The van der Waals surface area contributed by atoms with Gasteiger partial charge in [-0.2, -0.15) is 0 Å².